The van der Waals surface area contributed by atoms with E-state index in [1.54, 1.807) is 24.5 Å². The zero-order chi connectivity index (χ0) is 14.5. The van der Waals surface area contributed by atoms with Crippen molar-refractivity contribution < 1.29 is 4.79 Å². The molecule has 0 aromatic carbocycles. The monoisotopic (exact) mass is 288 g/mol. The fraction of sp³-hybridized carbons (Fsp3) is 0.143. The molecule has 20 heavy (non-hydrogen) atoms. The summed E-state index contributed by atoms with van der Waals surface area (Å²) in [4.78, 5) is 18.5. The smallest absolute Gasteiger partial charge is 0.181 e. The highest BCUT2D eigenvalue weighted by molar-refractivity contribution is 6.32. The molecule has 0 spiro atoms. The first-order valence-corrected chi connectivity index (χ1v) is 6.34. The molecular weight excluding hydrogens is 276 g/mol. The molecule has 0 amide bonds. The van der Waals surface area contributed by atoms with Gasteiger partial charge in [-0.2, -0.15) is 5.10 Å². The van der Waals surface area contributed by atoms with Crippen molar-refractivity contribution in [1.29, 1.82) is 0 Å². The van der Waals surface area contributed by atoms with E-state index in [4.69, 9.17) is 11.6 Å². The highest BCUT2D eigenvalue weighted by Crippen LogP contribution is 2.11. The van der Waals surface area contributed by atoms with Gasteiger partial charge in [-0.1, -0.05) is 11.6 Å². The van der Waals surface area contributed by atoms with Gasteiger partial charge in [-0.05, 0) is 38.1 Å². The van der Waals surface area contributed by atoms with Crippen LogP contribution in [0.4, 0.5) is 0 Å². The van der Waals surface area contributed by atoms with Gasteiger partial charge in [-0.3, -0.25) is 9.89 Å². The molecule has 0 fully saturated rings. The third kappa shape index (κ3) is 3.19. The number of fused-ring (bicyclic) bond motifs is 1. The van der Waals surface area contributed by atoms with Gasteiger partial charge >= 0.3 is 0 Å². The van der Waals surface area contributed by atoms with Gasteiger partial charge in [0, 0.05) is 23.5 Å². The molecule has 0 atom stereocenters. The van der Waals surface area contributed by atoms with Crippen LogP contribution in [0.2, 0.25) is 5.15 Å². The van der Waals surface area contributed by atoms with Gasteiger partial charge in [0.1, 0.15) is 5.15 Å². The van der Waals surface area contributed by atoms with Crippen molar-refractivity contribution in [3.05, 3.63) is 53.1 Å². The van der Waals surface area contributed by atoms with Crippen LogP contribution in [0.5, 0.6) is 0 Å². The van der Waals surface area contributed by atoms with E-state index in [9.17, 15) is 4.79 Å². The van der Waals surface area contributed by atoms with Crippen molar-refractivity contribution in [3.63, 3.8) is 0 Å². The number of rotatable bonds is 1. The number of hydrogen-bond donors (Lipinski definition) is 1. The number of ketones is 1. The standard InChI is InChI=1S/C7H6ClNO.C7H7N3/c1-5(10)6-3-2-4-9-7(6)8;1-5-6-3-2-4-8-7(6)10-9-5/h2-4H,1H3;2-4H,1H3,(H,8,9,10). The molecule has 0 bridgehead atoms. The predicted octanol–water partition coefficient (Wildman–Crippen LogP) is 3.20. The number of halogens is 1. The molecule has 3 rings (SSSR count). The average molecular weight is 289 g/mol. The zero-order valence-electron chi connectivity index (χ0n) is 11.1. The maximum Gasteiger partial charge on any atom is 0.181 e. The van der Waals surface area contributed by atoms with Crippen molar-refractivity contribution in [1.82, 2.24) is 20.2 Å². The van der Waals surface area contributed by atoms with E-state index in [-0.39, 0.29) is 10.9 Å². The molecule has 0 radical (unpaired) electrons. The third-order valence-electron chi connectivity index (χ3n) is 2.66. The number of nitrogens with one attached hydrogen (secondary N) is 1. The average Bonchev–Trinajstić information content (AvgIpc) is 2.82. The maximum absolute atomic E-state index is 10.7. The molecule has 6 heteroatoms. The first kappa shape index (κ1) is 14.1. The molecule has 0 aliphatic rings. The Labute approximate surface area is 121 Å². The van der Waals surface area contributed by atoms with E-state index < -0.39 is 0 Å². The number of carbonyl (C=O) groups excluding carboxylic acids is 1. The number of nitrogens with zero attached hydrogens (tertiary/aromatic N) is 3. The number of hydrogen-bond acceptors (Lipinski definition) is 4. The Morgan fingerprint density at radius 3 is 2.50 bits per heavy atom. The molecule has 1 N–H and O–H groups in total. The lowest BCUT2D eigenvalue weighted by atomic mass is 10.2. The summed E-state index contributed by atoms with van der Waals surface area (Å²) in [6.07, 6.45) is 3.29. The molecule has 0 saturated carbocycles. The molecule has 0 unspecified atom stereocenters. The number of carbonyl (C=O) groups is 1. The highest BCUT2D eigenvalue weighted by Gasteiger charge is 2.03. The van der Waals surface area contributed by atoms with E-state index in [1.807, 2.05) is 19.1 Å². The van der Waals surface area contributed by atoms with Gasteiger partial charge in [-0.25, -0.2) is 9.97 Å². The maximum atomic E-state index is 10.7. The van der Waals surface area contributed by atoms with Crippen LogP contribution in [0.1, 0.15) is 23.0 Å². The Hall–Kier alpha value is -2.27. The Morgan fingerprint density at radius 1 is 1.20 bits per heavy atom. The lowest BCUT2D eigenvalue weighted by Gasteiger charge is -1.94. The summed E-state index contributed by atoms with van der Waals surface area (Å²) in [7, 11) is 0. The van der Waals surface area contributed by atoms with Gasteiger partial charge < -0.3 is 0 Å². The van der Waals surface area contributed by atoms with E-state index in [2.05, 4.69) is 20.2 Å². The third-order valence-corrected chi connectivity index (χ3v) is 2.96. The first-order chi connectivity index (χ1) is 9.59. The Morgan fingerprint density at radius 2 is 1.90 bits per heavy atom. The van der Waals surface area contributed by atoms with Gasteiger partial charge in [0.05, 0.1) is 5.56 Å². The van der Waals surface area contributed by atoms with Crippen molar-refractivity contribution >= 4 is 28.4 Å². The van der Waals surface area contributed by atoms with Crippen LogP contribution >= 0.6 is 11.6 Å². The topological polar surface area (TPSA) is 71.5 Å². The van der Waals surface area contributed by atoms with E-state index in [0.29, 0.717) is 5.56 Å². The molecule has 0 aliphatic carbocycles. The fourth-order valence-corrected chi connectivity index (χ4v) is 1.88. The molecule has 0 aliphatic heterocycles. The summed E-state index contributed by atoms with van der Waals surface area (Å²) < 4.78 is 0. The zero-order valence-corrected chi connectivity index (χ0v) is 11.8. The summed E-state index contributed by atoms with van der Waals surface area (Å²) in [6, 6.07) is 7.24. The first-order valence-electron chi connectivity index (χ1n) is 5.96. The molecular formula is C14H13ClN4O. The Bertz CT molecular complexity index is 739. The molecule has 3 aromatic rings. The van der Waals surface area contributed by atoms with Crippen LogP contribution in [-0.4, -0.2) is 25.9 Å². The molecule has 5 nitrogen and oxygen atoms in total. The van der Waals surface area contributed by atoms with Crippen LogP contribution in [0.15, 0.2) is 36.7 Å². The number of Topliss-reactive ketones (excluding diaryl/α,β-unsaturated/α-hetero) is 1. The van der Waals surface area contributed by atoms with Crippen molar-refractivity contribution in [3.8, 4) is 0 Å². The Kier molecular flexibility index (Phi) is 4.42. The van der Waals surface area contributed by atoms with E-state index in [1.165, 1.54) is 6.92 Å². The predicted molar refractivity (Wildman–Crippen MR) is 77.9 cm³/mol. The quantitative estimate of drug-likeness (QED) is 0.551. The lowest BCUT2D eigenvalue weighted by Crippen LogP contribution is -1.93. The minimum absolute atomic E-state index is 0.0573. The summed E-state index contributed by atoms with van der Waals surface area (Å²) in [6.45, 7) is 3.44. The lowest BCUT2D eigenvalue weighted by molar-refractivity contribution is 0.101. The summed E-state index contributed by atoms with van der Waals surface area (Å²) >= 11 is 5.59. The van der Waals surface area contributed by atoms with E-state index in [0.717, 1.165) is 16.7 Å². The number of aromatic nitrogens is 4. The van der Waals surface area contributed by atoms with Crippen molar-refractivity contribution in [2.75, 3.05) is 0 Å². The number of pyridine rings is 2. The van der Waals surface area contributed by atoms with Crippen LogP contribution in [0, 0.1) is 6.92 Å². The SMILES string of the molecule is CC(=O)c1cccnc1Cl.Cc1[nH]nc2ncccc12. The van der Waals surface area contributed by atoms with Gasteiger partial charge in [0.15, 0.2) is 11.4 Å². The summed E-state index contributed by atoms with van der Waals surface area (Å²) in [5, 5.41) is 8.22. The molecule has 0 saturated heterocycles. The van der Waals surface area contributed by atoms with Crippen LogP contribution in [0.3, 0.4) is 0 Å². The summed E-state index contributed by atoms with van der Waals surface area (Å²) in [5.74, 6) is -0.0573. The van der Waals surface area contributed by atoms with Gasteiger partial charge in [-0.15, -0.1) is 0 Å². The molecule has 3 heterocycles. The number of aryl methyl sites for hydroxylation is 1. The number of aromatic amines is 1. The largest absolute Gasteiger partial charge is 0.294 e. The Balaban J connectivity index is 0.000000147. The normalized spacial score (nSPS) is 9.95. The second kappa shape index (κ2) is 6.25. The molecule has 3 aromatic heterocycles. The van der Waals surface area contributed by atoms with Crippen molar-refractivity contribution in [2.24, 2.45) is 0 Å². The minimum atomic E-state index is -0.0573. The molecule has 102 valence electrons. The van der Waals surface area contributed by atoms with Gasteiger partial charge in [0.2, 0.25) is 0 Å². The fourth-order valence-electron chi connectivity index (χ4n) is 1.62. The summed E-state index contributed by atoms with van der Waals surface area (Å²) in [5.41, 5.74) is 2.34. The van der Waals surface area contributed by atoms with Crippen molar-refractivity contribution in [2.45, 2.75) is 13.8 Å². The van der Waals surface area contributed by atoms with Crippen LogP contribution in [-0.2, 0) is 0 Å². The second-order valence-corrected chi connectivity index (χ2v) is 4.48. The highest BCUT2D eigenvalue weighted by atomic mass is 35.5. The number of H-pyrrole nitrogens is 1. The van der Waals surface area contributed by atoms with E-state index >= 15 is 0 Å². The van der Waals surface area contributed by atoms with Crippen LogP contribution in [0.25, 0.3) is 11.0 Å². The van der Waals surface area contributed by atoms with Gasteiger partial charge in [0.25, 0.3) is 0 Å². The minimum Gasteiger partial charge on any atom is -0.294 e. The second-order valence-electron chi connectivity index (χ2n) is 4.12. The van der Waals surface area contributed by atoms with Crippen LogP contribution < -0.4 is 0 Å².